The molecule has 1 atom stereocenters. The van der Waals surface area contributed by atoms with Crippen LogP contribution >= 0.6 is 15.9 Å². The van der Waals surface area contributed by atoms with Gasteiger partial charge >= 0.3 is 4.83 Å². The van der Waals surface area contributed by atoms with Gasteiger partial charge in [0.2, 0.25) is 0 Å². The van der Waals surface area contributed by atoms with Crippen molar-refractivity contribution in [3.8, 4) is 0 Å². The molecule has 94 valence electrons. The standard InChI is InChI=1S/C11H13BrF2N2O/c1-8(11(12,13)14)7-15-16-10(17)9-5-3-2-4-6-9/h2-6,8,15H,7H2,1H3,(H,16,17). The minimum atomic E-state index is -2.95. The van der Waals surface area contributed by atoms with E-state index in [0.29, 0.717) is 5.56 Å². The molecule has 0 saturated heterocycles. The second-order valence-electron chi connectivity index (χ2n) is 3.64. The molecule has 0 radical (unpaired) electrons. The third-order valence-electron chi connectivity index (χ3n) is 2.20. The van der Waals surface area contributed by atoms with E-state index in [-0.39, 0.29) is 12.5 Å². The summed E-state index contributed by atoms with van der Waals surface area (Å²) in [5.74, 6) is -1.28. The third-order valence-corrected chi connectivity index (χ3v) is 2.99. The van der Waals surface area contributed by atoms with Gasteiger partial charge in [-0.3, -0.25) is 10.2 Å². The molecule has 1 unspecified atom stereocenters. The molecule has 0 aromatic heterocycles. The van der Waals surface area contributed by atoms with E-state index in [1.165, 1.54) is 6.92 Å². The summed E-state index contributed by atoms with van der Waals surface area (Å²) in [4.78, 5) is 8.56. The molecule has 0 aliphatic carbocycles. The Kier molecular flexibility index (Phi) is 5.02. The second kappa shape index (κ2) is 6.07. The number of halogens is 3. The quantitative estimate of drug-likeness (QED) is 0.648. The maximum Gasteiger partial charge on any atom is 0.305 e. The van der Waals surface area contributed by atoms with Crippen molar-refractivity contribution in [2.45, 2.75) is 11.8 Å². The van der Waals surface area contributed by atoms with Crippen LogP contribution in [-0.4, -0.2) is 17.3 Å². The number of rotatable bonds is 5. The highest BCUT2D eigenvalue weighted by Crippen LogP contribution is 2.30. The zero-order valence-corrected chi connectivity index (χ0v) is 10.8. The fourth-order valence-corrected chi connectivity index (χ4v) is 1.22. The summed E-state index contributed by atoms with van der Waals surface area (Å²) in [6, 6.07) is 8.52. The SMILES string of the molecule is CC(CNNC(=O)c1ccccc1)C(F)(F)Br. The van der Waals surface area contributed by atoms with Gasteiger partial charge in [0.05, 0.1) is 0 Å². The van der Waals surface area contributed by atoms with Crippen LogP contribution in [0.3, 0.4) is 0 Å². The van der Waals surface area contributed by atoms with Crippen molar-refractivity contribution in [1.29, 1.82) is 0 Å². The number of carbonyl (C=O) groups excluding carboxylic acids is 1. The Morgan fingerprint density at radius 3 is 2.53 bits per heavy atom. The van der Waals surface area contributed by atoms with E-state index in [9.17, 15) is 13.6 Å². The lowest BCUT2D eigenvalue weighted by Crippen LogP contribution is -2.42. The van der Waals surface area contributed by atoms with E-state index in [4.69, 9.17) is 0 Å². The van der Waals surface area contributed by atoms with Crippen LogP contribution in [-0.2, 0) is 0 Å². The highest BCUT2D eigenvalue weighted by molar-refractivity contribution is 9.10. The first kappa shape index (κ1) is 14.1. The van der Waals surface area contributed by atoms with Gasteiger partial charge in [0, 0.05) is 18.0 Å². The monoisotopic (exact) mass is 306 g/mol. The largest absolute Gasteiger partial charge is 0.305 e. The lowest BCUT2D eigenvalue weighted by Gasteiger charge is -2.18. The van der Waals surface area contributed by atoms with Crippen molar-refractivity contribution < 1.29 is 13.6 Å². The molecular weight excluding hydrogens is 294 g/mol. The molecule has 1 amide bonds. The molecule has 1 aromatic rings. The summed E-state index contributed by atoms with van der Waals surface area (Å²) >= 11 is 2.27. The lowest BCUT2D eigenvalue weighted by atomic mass is 10.2. The molecule has 1 aromatic carbocycles. The van der Waals surface area contributed by atoms with Crippen LogP contribution < -0.4 is 10.9 Å². The van der Waals surface area contributed by atoms with Crippen LogP contribution in [0, 0.1) is 5.92 Å². The van der Waals surface area contributed by atoms with Crippen molar-refractivity contribution in [3.05, 3.63) is 35.9 Å². The number of hydrogen-bond donors (Lipinski definition) is 2. The Morgan fingerprint density at radius 2 is 2.00 bits per heavy atom. The normalized spacial score (nSPS) is 13.2. The molecule has 0 bridgehead atoms. The highest BCUT2D eigenvalue weighted by Gasteiger charge is 2.32. The number of hydrogen-bond acceptors (Lipinski definition) is 2. The predicted octanol–water partition coefficient (Wildman–Crippen LogP) is 2.54. The highest BCUT2D eigenvalue weighted by atomic mass is 79.9. The van der Waals surface area contributed by atoms with Gasteiger partial charge < -0.3 is 0 Å². The third kappa shape index (κ3) is 4.79. The number of alkyl halides is 3. The minimum absolute atomic E-state index is 0.0309. The molecule has 0 saturated carbocycles. The topological polar surface area (TPSA) is 41.1 Å². The van der Waals surface area contributed by atoms with E-state index in [1.54, 1.807) is 30.3 Å². The van der Waals surface area contributed by atoms with Gasteiger partial charge in [0.15, 0.2) is 0 Å². The maximum atomic E-state index is 12.7. The van der Waals surface area contributed by atoms with Gasteiger partial charge in [-0.25, -0.2) is 5.43 Å². The van der Waals surface area contributed by atoms with Gasteiger partial charge in [-0.15, -0.1) is 0 Å². The Bertz CT molecular complexity index is 367. The van der Waals surface area contributed by atoms with E-state index in [0.717, 1.165) is 0 Å². The van der Waals surface area contributed by atoms with Gasteiger partial charge in [0.1, 0.15) is 0 Å². The Morgan fingerprint density at radius 1 is 1.41 bits per heavy atom. The van der Waals surface area contributed by atoms with Crippen LogP contribution in [0.15, 0.2) is 30.3 Å². The average molecular weight is 307 g/mol. The van der Waals surface area contributed by atoms with Crippen LogP contribution in [0.25, 0.3) is 0 Å². The zero-order valence-electron chi connectivity index (χ0n) is 9.21. The molecule has 3 nitrogen and oxygen atoms in total. The van der Waals surface area contributed by atoms with Crippen LogP contribution in [0.1, 0.15) is 17.3 Å². The molecule has 0 aliphatic heterocycles. The second-order valence-corrected chi connectivity index (χ2v) is 4.70. The first-order chi connectivity index (χ1) is 7.91. The van der Waals surface area contributed by atoms with Crippen molar-refractivity contribution in [3.63, 3.8) is 0 Å². The smallest absolute Gasteiger partial charge is 0.287 e. The first-order valence-corrected chi connectivity index (χ1v) is 5.85. The van der Waals surface area contributed by atoms with Gasteiger partial charge in [-0.1, -0.05) is 25.1 Å². The number of amides is 1. The molecular formula is C11H13BrF2N2O. The number of nitrogens with one attached hydrogen (secondary N) is 2. The van der Waals surface area contributed by atoms with Crippen molar-refractivity contribution >= 4 is 21.8 Å². The number of hydrazine groups is 1. The maximum absolute atomic E-state index is 12.7. The summed E-state index contributed by atoms with van der Waals surface area (Å²) in [6.45, 7) is 1.34. The van der Waals surface area contributed by atoms with E-state index in [2.05, 4.69) is 26.8 Å². The van der Waals surface area contributed by atoms with E-state index in [1.807, 2.05) is 0 Å². The minimum Gasteiger partial charge on any atom is -0.287 e. The predicted molar refractivity (Wildman–Crippen MR) is 64.9 cm³/mol. The summed E-state index contributed by atoms with van der Waals surface area (Å²) in [7, 11) is 0. The summed E-state index contributed by atoms with van der Waals surface area (Å²) in [5.41, 5.74) is 5.31. The summed E-state index contributed by atoms with van der Waals surface area (Å²) in [5, 5.41) is 0. The zero-order chi connectivity index (χ0) is 12.9. The van der Waals surface area contributed by atoms with E-state index < -0.39 is 10.7 Å². The molecule has 17 heavy (non-hydrogen) atoms. The van der Waals surface area contributed by atoms with Gasteiger partial charge in [0.25, 0.3) is 5.91 Å². The van der Waals surface area contributed by atoms with Crippen LogP contribution in [0.2, 0.25) is 0 Å². The molecule has 0 fully saturated rings. The fraction of sp³-hybridized carbons (Fsp3) is 0.364. The lowest BCUT2D eigenvalue weighted by molar-refractivity contribution is 0.0518. The van der Waals surface area contributed by atoms with Gasteiger partial charge in [-0.2, -0.15) is 8.78 Å². The van der Waals surface area contributed by atoms with Crippen LogP contribution in [0.5, 0.6) is 0 Å². The molecule has 2 N–H and O–H groups in total. The molecule has 6 heteroatoms. The van der Waals surface area contributed by atoms with Gasteiger partial charge in [-0.05, 0) is 28.1 Å². The van der Waals surface area contributed by atoms with Crippen LogP contribution in [0.4, 0.5) is 8.78 Å². The molecule has 0 spiro atoms. The number of carbonyl (C=O) groups is 1. The Balaban J connectivity index is 2.35. The molecule has 0 aliphatic rings. The Hall–Kier alpha value is -1.01. The van der Waals surface area contributed by atoms with Crippen molar-refractivity contribution in [1.82, 2.24) is 10.9 Å². The Labute approximate surface area is 107 Å². The van der Waals surface area contributed by atoms with Crippen molar-refractivity contribution in [2.24, 2.45) is 5.92 Å². The molecule has 0 heterocycles. The average Bonchev–Trinajstić information content (AvgIpc) is 2.28. The summed E-state index contributed by atoms with van der Waals surface area (Å²) in [6.07, 6.45) is 0. The summed E-state index contributed by atoms with van der Waals surface area (Å²) < 4.78 is 25.5. The molecule has 1 rings (SSSR count). The number of benzene rings is 1. The first-order valence-electron chi connectivity index (χ1n) is 5.06. The van der Waals surface area contributed by atoms with Crippen molar-refractivity contribution in [2.75, 3.05) is 6.54 Å². The van der Waals surface area contributed by atoms with E-state index >= 15 is 0 Å². The fourth-order valence-electron chi connectivity index (χ4n) is 1.06.